The van der Waals surface area contributed by atoms with Gasteiger partial charge in [0, 0.05) is 23.0 Å². The molecule has 0 aliphatic carbocycles. The Balaban J connectivity index is 2.13. The zero-order valence-corrected chi connectivity index (χ0v) is 15.9. The van der Waals surface area contributed by atoms with Gasteiger partial charge in [0.15, 0.2) is 0 Å². The molecule has 0 bridgehead atoms. The van der Waals surface area contributed by atoms with Gasteiger partial charge in [-0.1, -0.05) is 36.4 Å². The van der Waals surface area contributed by atoms with Crippen molar-refractivity contribution < 1.29 is 4.79 Å². The zero-order valence-electron chi connectivity index (χ0n) is 15.1. The van der Waals surface area contributed by atoms with Crippen LogP contribution in [0.3, 0.4) is 0 Å². The first-order valence-corrected chi connectivity index (χ1v) is 8.57. The van der Waals surface area contributed by atoms with Gasteiger partial charge in [-0.05, 0) is 56.2 Å². The maximum absolute atomic E-state index is 12.5. The first-order chi connectivity index (χ1) is 12.3. The molecule has 0 saturated carbocycles. The summed E-state index contributed by atoms with van der Waals surface area (Å²) < 4.78 is 0. The molecule has 5 nitrogen and oxygen atoms in total. The number of rotatable bonds is 6. The molecule has 0 fully saturated rings. The number of nitrogen functional groups attached to an aromatic ring is 1. The highest BCUT2D eigenvalue weighted by Crippen LogP contribution is 2.20. The summed E-state index contributed by atoms with van der Waals surface area (Å²) in [5.74, 6) is 0.286. The lowest BCUT2D eigenvalue weighted by molar-refractivity contribution is 0.102. The lowest BCUT2D eigenvalue weighted by Crippen LogP contribution is -2.18. The minimum Gasteiger partial charge on any atom is -0.399 e. The molecule has 0 saturated heterocycles. The van der Waals surface area contributed by atoms with Crippen LogP contribution in [0.1, 0.15) is 41.4 Å². The quantitative estimate of drug-likeness (QED) is 0.513. The smallest absolute Gasteiger partial charge is 0.256 e. The molecule has 0 aliphatic heterocycles. The Morgan fingerprint density at radius 1 is 1.27 bits per heavy atom. The normalized spacial score (nSPS) is 12.4. The summed E-state index contributed by atoms with van der Waals surface area (Å²) in [4.78, 5) is 16.6. The molecule has 0 aromatic heterocycles. The van der Waals surface area contributed by atoms with Crippen molar-refractivity contribution in [2.75, 3.05) is 11.1 Å². The zero-order chi connectivity index (χ0) is 19.3. The standard InChI is InChI=1S/C20H23ClN4O/c1-12-8-9-17(22)11-19(12)20(26)25-18-7-5-6-16(10-18)13(2)23-15(4)24-14(3)21/h5-11,13,23H,4,22H2,1-3H3,(H,25,26). The van der Waals surface area contributed by atoms with Crippen molar-refractivity contribution in [1.82, 2.24) is 5.32 Å². The van der Waals surface area contributed by atoms with Gasteiger partial charge in [-0.25, -0.2) is 4.99 Å². The van der Waals surface area contributed by atoms with Crippen LogP contribution in [-0.4, -0.2) is 11.1 Å². The van der Waals surface area contributed by atoms with Crippen LogP contribution in [0.15, 0.2) is 59.9 Å². The predicted molar refractivity (Wildman–Crippen MR) is 110 cm³/mol. The molecule has 0 heterocycles. The van der Waals surface area contributed by atoms with E-state index in [-0.39, 0.29) is 11.9 Å². The summed E-state index contributed by atoms with van der Waals surface area (Å²) in [5, 5.41) is 6.48. The number of amides is 1. The van der Waals surface area contributed by atoms with Gasteiger partial charge in [0.05, 0.1) is 0 Å². The van der Waals surface area contributed by atoms with Crippen molar-refractivity contribution in [3.05, 3.63) is 71.6 Å². The Labute approximate surface area is 159 Å². The molecule has 1 unspecified atom stereocenters. The predicted octanol–water partition coefficient (Wildman–Crippen LogP) is 4.61. The van der Waals surface area contributed by atoms with Gasteiger partial charge in [-0.2, -0.15) is 0 Å². The van der Waals surface area contributed by atoms with E-state index < -0.39 is 0 Å². The van der Waals surface area contributed by atoms with Crippen molar-refractivity contribution >= 4 is 34.1 Å². The third kappa shape index (κ3) is 5.36. The van der Waals surface area contributed by atoms with Gasteiger partial charge >= 0.3 is 0 Å². The van der Waals surface area contributed by atoms with E-state index in [1.165, 1.54) is 0 Å². The molecule has 2 aromatic rings. The fraction of sp³-hybridized carbons (Fsp3) is 0.200. The van der Waals surface area contributed by atoms with Crippen LogP contribution < -0.4 is 16.4 Å². The van der Waals surface area contributed by atoms with Crippen molar-refractivity contribution in [3.8, 4) is 0 Å². The number of carbonyl (C=O) groups is 1. The van der Waals surface area contributed by atoms with E-state index in [0.29, 0.717) is 27.9 Å². The number of anilines is 2. The highest BCUT2D eigenvalue weighted by molar-refractivity contribution is 6.64. The lowest BCUT2D eigenvalue weighted by atomic mass is 10.1. The Bertz CT molecular complexity index is 857. The number of nitrogens with two attached hydrogens (primary N) is 1. The van der Waals surface area contributed by atoms with Gasteiger partial charge in [-0.15, -0.1) is 0 Å². The van der Waals surface area contributed by atoms with Crippen LogP contribution in [0, 0.1) is 6.92 Å². The molecule has 0 spiro atoms. The largest absolute Gasteiger partial charge is 0.399 e. The van der Waals surface area contributed by atoms with Crippen molar-refractivity contribution in [1.29, 1.82) is 0 Å². The number of hydrogen-bond acceptors (Lipinski definition) is 4. The minimum absolute atomic E-state index is 0.0479. The summed E-state index contributed by atoms with van der Waals surface area (Å²) in [6.45, 7) is 9.37. The molecule has 6 heteroatoms. The fourth-order valence-electron chi connectivity index (χ4n) is 2.52. The van der Waals surface area contributed by atoms with E-state index in [1.54, 1.807) is 19.1 Å². The molecule has 1 atom stereocenters. The molecule has 136 valence electrons. The maximum Gasteiger partial charge on any atom is 0.256 e. The maximum atomic E-state index is 12.5. The second kappa shape index (κ2) is 8.54. The van der Waals surface area contributed by atoms with Gasteiger partial charge in [-0.3, -0.25) is 4.79 Å². The molecule has 1 amide bonds. The van der Waals surface area contributed by atoms with Crippen LogP contribution in [-0.2, 0) is 0 Å². The van der Waals surface area contributed by atoms with E-state index in [1.807, 2.05) is 44.2 Å². The lowest BCUT2D eigenvalue weighted by Gasteiger charge is -2.16. The van der Waals surface area contributed by atoms with Gasteiger partial charge in [0.1, 0.15) is 11.0 Å². The van der Waals surface area contributed by atoms with E-state index in [2.05, 4.69) is 22.2 Å². The number of aryl methyl sites for hydroxylation is 1. The topological polar surface area (TPSA) is 79.5 Å². The van der Waals surface area contributed by atoms with E-state index >= 15 is 0 Å². The van der Waals surface area contributed by atoms with Crippen molar-refractivity contribution in [2.45, 2.75) is 26.8 Å². The molecule has 4 N–H and O–H groups in total. The first-order valence-electron chi connectivity index (χ1n) is 8.20. The van der Waals surface area contributed by atoms with E-state index in [4.69, 9.17) is 17.3 Å². The third-order valence-electron chi connectivity index (χ3n) is 3.82. The molecular formula is C20H23ClN4O. The number of aliphatic imine (C=N–C) groups is 1. The Kier molecular flexibility index (Phi) is 6.41. The van der Waals surface area contributed by atoms with Crippen LogP contribution in [0.5, 0.6) is 0 Å². The van der Waals surface area contributed by atoms with Gasteiger partial charge in [0.25, 0.3) is 5.91 Å². The number of nitrogens with zero attached hydrogens (tertiary/aromatic N) is 1. The number of benzene rings is 2. The van der Waals surface area contributed by atoms with Gasteiger partial charge in [0.2, 0.25) is 0 Å². The van der Waals surface area contributed by atoms with Crippen LogP contribution in [0.25, 0.3) is 0 Å². The van der Waals surface area contributed by atoms with E-state index in [9.17, 15) is 4.79 Å². The third-order valence-corrected chi connectivity index (χ3v) is 3.91. The fourth-order valence-corrected chi connectivity index (χ4v) is 2.62. The Morgan fingerprint density at radius 3 is 2.69 bits per heavy atom. The number of halogens is 1. The highest BCUT2D eigenvalue weighted by Gasteiger charge is 2.11. The monoisotopic (exact) mass is 370 g/mol. The summed E-state index contributed by atoms with van der Waals surface area (Å²) in [5.41, 5.74) is 9.45. The summed E-state index contributed by atoms with van der Waals surface area (Å²) in [6, 6.07) is 12.8. The number of carbonyl (C=O) groups excluding carboxylic acids is 1. The average molecular weight is 371 g/mol. The van der Waals surface area contributed by atoms with Crippen molar-refractivity contribution in [3.63, 3.8) is 0 Å². The SMILES string of the molecule is C=C(N=C(C)Cl)NC(C)c1cccc(NC(=O)c2cc(N)ccc2C)c1. The number of nitrogens with one attached hydrogen (secondary N) is 2. The number of hydrogen-bond donors (Lipinski definition) is 3. The summed E-state index contributed by atoms with van der Waals surface area (Å²) >= 11 is 5.76. The van der Waals surface area contributed by atoms with E-state index in [0.717, 1.165) is 11.1 Å². The van der Waals surface area contributed by atoms with Crippen molar-refractivity contribution in [2.24, 2.45) is 4.99 Å². The van der Waals surface area contributed by atoms with Crippen LogP contribution >= 0.6 is 11.6 Å². The molecule has 0 radical (unpaired) electrons. The van der Waals surface area contributed by atoms with Crippen LogP contribution in [0.2, 0.25) is 0 Å². The Hall–Kier alpha value is -2.79. The second-order valence-corrected chi connectivity index (χ2v) is 6.62. The summed E-state index contributed by atoms with van der Waals surface area (Å²) in [7, 11) is 0. The highest BCUT2D eigenvalue weighted by atomic mass is 35.5. The summed E-state index contributed by atoms with van der Waals surface area (Å²) in [6.07, 6.45) is 0. The minimum atomic E-state index is -0.195. The Morgan fingerprint density at radius 2 is 2.00 bits per heavy atom. The van der Waals surface area contributed by atoms with Crippen LogP contribution in [0.4, 0.5) is 11.4 Å². The molecule has 26 heavy (non-hydrogen) atoms. The molecular weight excluding hydrogens is 348 g/mol. The average Bonchev–Trinajstić information content (AvgIpc) is 2.56. The first kappa shape index (κ1) is 19.5. The molecule has 2 aromatic carbocycles. The van der Waals surface area contributed by atoms with Gasteiger partial charge < -0.3 is 16.4 Å². The molecule has 2 rings (SSSR count). The second-order valence-electron chi connectivity index (χ2n) is 6.08. The molecule has 0 aliphatic rings.